The standard InChI is InChI=1S/C13H16O3/c1-10(14)16-13(8-3-9-13)11-4-6-12(15-2)7-5-11/h4-7H,3,8-9H2,1-2H3. The van der Waals surface area contributed by atoms with Crippen LogP contribution in [0.15, 0.2) is 24.3 Å². The highest BCUT2D eigenvalue weighted by molar-refractivity contribution is 5.67. The maximum Gasteiger partial charge on any atom is 0.303 e. The van der Waals surface area contributed by atoms with Gasteiger partial charge in [-0.05, 0) is 37.0 Å². The van der Waals surface area contributed by atoms with Crippen LogP contribution in [0.3, 0.4) is 0 Å². The van der Waals surface area contributed by atoms with Crippen molar-refractivity contribution in [2.45, 2.75) is 31.8 Å². The van der Waals surface area contributed by atoms with E-state index < -0.39 is 0 Å². The number of methoxy groups -OCH3 is 1. The van der Waals surface area contributed by atoms with Gasteiger partial charge >= 0.3 is 5.97 Å². The van der Waals surface area contributed by atoms with E-state index in [1.807, 2.05) is 24.3 Å². The van der Waals surface area contributed by atoms with E-state index in [-0.39, 0.29) is 11.6 Å². The summed E-state index contributed by atoms with van der Waals surface area (Å²) in [5.41, 5.74) is 0.688. The molecule has 0 spiro atoms. The van der Waals surface area contributed by atoms with Crippen molar-refractivity contribution in [1.29, 1.82) is 0 Å². The summed E-state index contributed by atoms with van der Waals surface area (Å²) >= 11 is 0. The van der Waals surface area contributed by atoms with Crippen molar-refractivity contribution in [3.63, 3.8) is 0 Å². The van der Waals surface area contributed by atoms with Crippen molar-refractivity contribution in [1.82, 2.24) is 0 Å². The average molecular weight is 220 g/mol. The zero-order chi connectivity index (χ0) is 11.6. The minimum absolute atomic E-state index is 0.212. The number of esters is 1. The second kappa shape index (κ2) is 4.16. The third-order valence-electron chi connectivity index (χ3n) is 3.12. The summed E-state index contributed by atoms with van der Waals surface area (Å²) < 4.78 is 10.6. The van der Waals surface area contributed by atoms with Crippen LogP contribution < -0.4 is 4.74 Å². The largest absolute Gasteiger partial charge is 0.497 e. The third-order valence-corrected chi connectivity index (χ3v) is 3.12. The molecule has 0 unspecified atom stereocenters. The highest BCUT2D eigenvalue weighted by Crippen LogP contribution is 2.45. The lowest BCUT2D eigenvalue weighted by molar-refractivity contribution is -0.168. The summed E-state index contributed by atoms with van der Waals surface area (Å²) in [7, 11) is 1.64. The molecule has 1 aromatic rings. The van der Waals surface area contributed by atoms with E-state index in [2.05, 4.69) is 0 Å². The second-order valence-corrected chi connectivity index (χ2v) is 4.17. The number of ether oxygens (including phenoxy) is 2. The van der Waals surface area contributed by atoms with Gasteiger partial charge in [0.1, 0.15) is 11.4 Å². The van der Waals surface area contributed by atoms with Crippen LogP contribution in [0, 0.1) is 0 Å². The molecular formula is C13H16O3. The van der Waals surface area contributed by atoms with Gasteiger partial charge in [0.25, 0.3) is 0 Å². The molecule has 0 aliphatic heterocycles. The van der Waals surface area contributed by atoms with E-state index in [9.17, 15) is 4.79 Å². The third kappa shape index (κ3) is 1.90. The topological polar surface area (TPSA) is 35.5 Å². The fourth-order valence-electron chi connectivity index (χ4n) is 2.12. The number of rotatable bonds is 3. The van der Waals surface area contributed by atoms with Crippen LogP contribution in [-0.2, 0) is 15.1 Å². The van der Waals surface area contributed by atoms with E-state index >= 15 is 0 Å². The lowest BCUT2D eigenvalue weighted by atomic mass is 9.75. The molecule has 16 heavy (non-hydrogen) atoms. The predicted octanol–water partition coefficient (Wildman–Crippen LogP) is 2.64. The van der Waals surface area contributed by atoms with Gasteiger partial charge in [-0.3, -0.25) is 4.79 Å². The first-order valence-electron chi connectivity index (χ1n) is 5.50. The smallest absolute Gasteiger partial charge is 0.303 e. The zero-order valence-corrected chi connectivity index (χ0v) is 9.66. The van der Waals surface area contributed by atoms with Crippen LogP contribution in [-0.4, -0.2) is 13.1 Å². The molecular weight excluding hydrogens is 204 g/mol. The van der Waals surface area contributed by atoms with E-state index in [0.717, 1.165) is 30.6 Å². The Morgan fingerprint density at radius 2 is 1.88 bits per heavy atom. The van der Waals surface area contributed by atoms with Crippen LogP contribution in [0.25, 0.3) is 0 Å². The minimum Gasteiger partial charge on any atom is -0.497 e. The molecule has 1 saturated carbocycles. The average Bonchev–Trinajstić information content (AvgIpc) is 2.23. The molecule has 0 N–H and O–H groups in total. The molecule has 1 aromatic carbocycles. The monoisotopic (exact) mass is 220 g/mol. The number of carbonyl (C=O) groups excluding carboxylic acids is 1. The Bertz CT molecular complexity index is 377. The van der Waals surface area contributed by atoms with Crippen molar-refractivity contribution < 1.29 is 14.3 Å². The van der Waals surface area contributed by atoms with Gasteiger partial charge in [-0.25, -0.2) is 0 Å². The Kier molecular flexibility index (Phi) is 2.86. The highest BCUT2D eigenvalue weighted by Gasteiger charge is 2.41. The maximum atomic E-state index is 11.1. The molecule has 0 atom stereocenters. The molecule has 0 bridgehead atoms. The summed E-state index contributed by atoms with van der Waals surface area (Å²) in [5.74, 6) is 0.608. The Labute approximate surface area is 95.4 Å². The van der Waals surface area contributed by atoms with Crippen molar-refractivity contribution in [2.24, 2.45) is 0 Å². The number of hydrogen-bond donors (Lipinski definition) is 0. The predicted molar refractivity (Wildman–Crippen MR) is 60.3 cm³/mol. The SMILES string of the molecule is COc1ccc(C2(OC(C)=O)CCC2)cc1. The first kappa shape index (κ1) is 11.0. The van der Waals surface area contributed by atoms with E-state index in [1.54, 1.807) is 7.11 Å². The number of benzene rings is 1. The Hall–Kier alpha value is -1.51. The normalized spacial score (nSPS) is 17.4. The van der Waals surface area contributed by atoms with Crippen molar-refractivity contribution in [3.8, 4) is 5.75 Å². The molecule has 0 radical (unpaired) electrons. The molecule has 3 nitrogen and oxygen atoms in total. The van der Waals surface area contributed by atoms with Crippen LogP contribution in [0.4, 0.5) is 0 Å². The van der Waals surface area contributed by atoms with Gasteiger partial charge in [-0.2, -0.15) is 0 Å². The van der Waals surface area contributed by atoms with Crippen molar-refractivity contribution in [3.05, 3.63) is 29.8 Å². The van der Waals surface area contributed by atoms with Crippen LogP contribution >= 0.6 is 0 Å². The van der Waals surface area contributed by atoms with Gasteiger partial charge in [-0.15, -0.1) is 0 Å². The van der Waals surface area contributed by atoms with Gasteiger partial charge < -0.3 is 9.47 Å². The summed E-state index contributed by atoms with van der Waals surface area (Å²) in [6.45, 7) is 1.46. The van der Waals surface area contributed by atoms with Crippen LogP contribution in [0.2, 0.25) is 0 Å². The van der Waals surface area contributed by atoms with Gasteiger partial charge in [0.15, 0.2) is 0 Å². The van der Waals surface area contributed by atoms with Crippen molar-refractivity contribution in [2.75, 3.05) is 7.11 Å². The molecule has 2 rings (SSSR count). The van der Waals surface area contributed by atoms with E-state index in [4.69, 9.17) is 9.47 Å². The maximum absolute atomic E-state index is 11.1. The molecule has 0 heterocycles. The molecule has 0 saturated heterocycles. The highest BCUT2D eigenvalue weighted by atomic mass is 16.6. The summed E-state index contributed by atoms with van der Waals surface area (Å²) in [4.78, 5) is 11.1. The quantitative estimate of drug-likeness (QED) is 0.734. The molecule has 1 fully saturated rings. The van der Waals surface area contributed by atoms with Crippen LogP contribution in [0.1, 0.15) is 31.7 Å². The van der Waals surface area contributed by atoms with Crippen molar-refractivity contribution >= 4 is 5.97 Å². The first-order chi connectivity index (χ1) is 7.66. The molecule has 0 amide bonds. The van der Waals surface area contributed by atoms with Gasteiger partial charge in [0.05, 0.1) is 7.11 Å². The molecule has 3 heteroatoms. The zero-order valence-electron chi connectivity index (χ0n) is 9.66. The van der Waals surface area contributed by atoms with E-state index in [0.29, 0.717) is 0 Å². The summed E-state index contributed by atoms with van der Waals surface area (Å²) in [5, 5.41) is 0. The fraction of sp³-hybridized carbons (Fsp3) is 0.462. The lowest BCUT2D eigenvalue weighted by Gasteiger charge is -2.41. The summed E-state index contributed by atoms with van der Waals surface area (Å²) in [6, 6.07) is 7.75. The van der Waals surface area contributed by atoms with Crippen LogP contribution in [0.5, 0.6) is 5.75 Å². The Balaban J connectivity index is 2.22. The Morgan fingerprint density at radius 1 is 1.25 bits per heavy atom. The minimum atomic E-state index is -0.377. The van der Waals surface area contributed by atoms with E-state index in [1.165, 1.54) is 6.92 Å². The molecule has 86 valence electrons. The van der Waals surface area contributed by atoms with Gasteiger partial charge in [-0.1, -0.05) is 12.1 Å². The lowest BCUT2D eigenvalue weighted by Crippen LogP contribution is -2.38. The fourth-order valence-corrected chi connectivity index (χ4v) is 2.12. The molecule has 1 aliphatic carbocycles. The number of hydrogen-bond acceptors (Lipinski definition) is 3. The first-order valence-corrected chi connectivity index (χ1v) is 5.50. The number of carbonyl (C=O) groups is 1. The summed E-state index contributed by atoms with van der Waals surface area (Å²) in [6.07, 6.45) is 2.94. The Morgan fingerprint density at radius 3 is 2.25 bits per heavy atom. The molecule has 0 aromatic heterocycles. The van der Waals surface area contributed by atoms with Gasteiger partial charge in [0, 0.05) is 6.92 Å². The molecule has 1 aliphatic rings. The van der Waals surface area contributed by atoms with Gasteiger partial charge in [0.2, 0.25) is 0 Å². The second-order valence-electron chi connectivity index (χ2n) is 4.17.